The zero-order valence-corrected chi connectivity index (χ0v) is 16.6. The van der Waals surface area contributed by atoms with Crippen molar-refractivity contribution < 1.29 is 0 Å². The zero-order valence-electron chi connectivity index (χ0n) is 16.6. The monoisotopic (exact) mass is 365 g/mol. The molecule has 27 heavy (non-hydrogen) atoms. The van der Waals surface area contributed by atoms with Crippen LogP contribution in [0, 0.1) is 11.8 Å². The van der Waals surface area contributed by atoms with E-state index in [1.807, 2.05) is 18.3 Å². The van der Waals surface area contributed by atoms with Crippen molar-refractivity contribution in [3.05, 3.63) is 35.8 Å². The summed E-state index contributed by atoms with van der Waals surface area (Å²) in [7, 11) is 0. The summed E-state index contributed by atoms with van der Waals surface area (Å²) in [6.07, 6.45) is 9.60. The molecule has 0 bridgehead atoms. The number of aromatic nitrogens is 3. The lowest BCUT2D eigenvalue weighted by atomic mass is 9.97. The van der Waals surface area contributed by atoms with E-state index < -0.39 is 0 Å². The van der Waals surface area contributed by atoms with Crippen molar-refractivity contribution in [3.8, 4) is 11.4 Å². The van der Waals surface area contributed by atoms with Gasteiger partial charge in [0.2, 0.25) is 0 Å². The molecule has 2 aromatic heterocycles. The summed E-state index contributed by atoms with van der Waals surface area (Å²) in [5.74, 6) is 3.30. The van der Waals surface area contributed by atoms with Crippen LogP contribution >= 0.6 is 0 Å². The van der Waals surface area contributed by atoms with E-state index in [0.29, 0.717) is 5.92 Å². The molecule has 1 unspecified atom stereocenters. The van der Waals surface area contributed by atoms with Gasteiger partial charge >= 0.3 is 0 Å². The van der Waals surface area contributed by atoms with Crippen molar-refractivity contribution >= 4 is 5.82 Å². The molecule has 1 N–H and O–H groups in total. The lowest BCUT2D eigenvalue weighted by molar-refractivity contribution is 0.164. The van der Waals surface area contributed by atoms with Crippen LogP contribution < -0.4 is 5.32 Å². The first kappa shape index (κ1) is 18.4. The first-order valence-corrected chi connectivity index (χ1v) is 10.5. The Morgan fingerprint density at radius 3 is 2.96 bits per heavy atom. The first-order valence-electron chi connectivity index (χ1n) is 10.5. The van der Waals surface area contributed by atoms with Gasteiger partial charge in [-0.1, -0.05) is 13.8 Å². The maximum atomic E-state index is 4.89. The maximum Gasteiger partial charge on any atom is 0.163 e. The molecular weight excluding hydrogens is 334 g/mol. The highest BCUT2D eigenvalue weighted by atomic mass is 15.1. The molecule has 0 radical (unpaired) electrons. The van der Waals surface area contributed by atoms with E-state index in [1.165, 1.54) is 50.2 Å². The Morgan fingerprint density at radius 1 is 1.22 bits per heavy atom. The highest BCUT2D eigenvalue weighted by Crippen LogP contribution is 2.29. The van der Waals surface area contributed by atoms with Gasteiger partial charge in [-0.25, -0.2) is 9.97 Å². The second-order valence-corrected chi connectivity index (χ2v) is 8.46. The molecule has 0 saturated carbocycles. The van der Waals surface area contributed by atoms with Crippen molar-refractivity contribution in [2.45, 2.75) is 46.0 Å². The number of anilines is 1. The maximum absolute atomic E-state index is 4.89. The fourth-order valence-electron chi connectivity index (χ4n) is 4.44. The fourth-order valence-corrected chi connectivity index (χ4v) is 4.44. The van der Waals surface area contributed by atoms with Gasteiger partial charge in [0.05, 0.1) is 0 Å². The average molecular weight is 366 g/mol. The van der Waals surface area contributed by atoms with E-state index in [1.54, 1.807) is 6.20 Å². The van der Waals surface area contributed by atoms with Crippen LogP contribution in [0.3, 0.4) is 0 Å². The summed E-state index contributed by atoms with van der Waals surface area (Å²) in [6.45, 7) is 9.30. The van der Waals surface area contributed by atoms with Gasteiger partial charge in [-0.05, 0) is 62.6 Å². The Kier molecular flexibility index (Phi) is 5.67. The van der Waals surface area contributed by atoms with E-state index in [0.717, 1.165) is 42.5 Å². The second kappa shape index (κ2) is 8.34. The highest BCUT2D eigenvalue weighted by molar-refractivity contribution is 5.59. The Balaban J connectivity index is 1.48. The lowest BCUT2D eigenvalue weighted by Gasteiger charge is -2.34. The van der Waals surface area contributed by atoms with Gasteiger partial charge in [-0.15, -0.1) is 0 Å². The van der Waals surface area contributed by atoms with Gasteiger partial charge in [-0.2, -0.15) is 0 Å². The Bertz CT molecular complexity index is 759. The number of nitrogens with one attached hydrogen (secondary N) is 1. The Hall–Kier alpha value is -2.01. The number of pyridine rings is 1. The van der Waals surface area contributed by atoms with Crippen LogP contribution in [0.4, 0.5) is 5.82 Å². The van der Waals surface area contributed by atoms with E-state index in [-0.39, 0.29) is 0 Å². The molecule has 4 rings (SSSR count). The summed E-state index contributed by atoms with van der Waals surface area (Å²) >= 11 is 0. The molecule has 3 heterocycles. The van der Waals surface area contributed by atoms with Crippen LogP contribution in [-0.4, -0.2) is 46.0 Å². The molecule has 1 fully saturated rings. The molecule has 0 spiro atoms. The molecule has 2 aromatic rings. The third-order valence-electron chi connectivity index (χ3n) is 5.64. The number of hydrogen-bond acceptors (Lipinski definition) is 5. The standard InChI is InChI=1S/C22H31N5/c1-16(2)14-27-11-5-6-17(15-27)12-24-22-19-8-3-9-20(19)25-21(26-22)18-7-4-10-23-13-18/h4,7,10,13,16-17H,3,5-6,8-9,11-12,14-15H2,1-2H3,(H,24,25,26). The molecule has 0 amide bonds. The minimum absolute atomic E-state index is 0.700. The van der Waals surface area contributed by atoms with Crippen molar-refractivity contribution in [2.75, 3.05) is 31.5 Å². The molecule has 1 aliphatic heterocycles. The van der Waals surface area contributed by atoms with Gasteiger partial charge in [0, 0.05) is 48.8 Å². The Morgan fingerprint density at radius 2 is 2.15 bits per heavy atom. The quantitative estimate of drug-likeness (QED) is 0.844. The predicted octanol–water partition coefficient (Wildman–Crippen LogP) is 3.81. The third-order valence-corrected chi connectivity index (χ3v) is 5.64. The minimum Gasteiger partial charge on any atom is -0.369 e. The number of likely N-dealkylation sites (tertiary alicyclic amines) is 1. The van der Waals surface area contributed by atoms with Crippen LogP contribution in [0.5, 0.6) is 0 Å². The molecule has 144 valence electrons. The van der Waals surface area contributed by atoms with Gasteiger partial charge in [-0.3, -0.25) is 4.98 Å². The Labute approximate surface area is 162 Å². The van der Waals surface area contributed by atoms with E-state index in [4.69, 9.17) is 9.97 Å². The van der Waals surface area contributed by atoms with Gasteiger partial charge in [0.1, 0.15) is 5.82 Å². The number of fused-ring (bicyclic) bond motifs is 1. The average Bonchev–Trinajstić information content (AvgIpc) is 3.15. The number of aryl methyl sites for hydroxylation is 1. The molecule has 1 saturated heterocycles. The topological polar surface area (TPSA) is 53.9 Å². The van der Waals surface area contributed by atoms with E-state index in [2.05, 4.69) is 29.0 Å². The fraction of sp³-hybridized carbons (Fsp3) is 0.591. The molecule has 1 aliphatic carbocycles. The molecule has 2 aliphatic rings. The summed E-state index contributed by atoms with van der Waals surface area (Å²) in [5.41, 5.74) is 3.55. The number of nitrogens with zero attached hydrogens (tertiary/aromatic N) is 4. The summed E-state index contributed by atoms with van der Waals surface area (Å²) in [6, 6.07) is 3.99. The first-order chi connectivity index (χ1) is 13.2. The highest BCUT2D eigenvalue weighted by Gasteiger charge is 2.23. The molecular formula is C22H31N5. The van der Waals surface area contributed by atoms with Crippen molar-refractivity contribution in [2.24, 2.45) is 11.8 Å². The van der Waals surface area contributed by atoms with E-state index in [9.17, 15) is 0 Å². The van der Waals surface area contributed by atoms with Crippen molar-refractivity contribution in [1.29, 1.82) is 0 Å². The SMILES string of the molecule is CC(C)CN1CCCC(CNc2nc(-c3cccnc3)nc3c2CCC3)C1. The van der Waals surface area contributed by atoms with Crippen LogP contribution in [-0.2, 0) is 12.8 Å². The van der Waals surface area contributed by atoms with Gasteiger partial charge in [0.15, 0.2) is 5.82 Å². The number of piperidine rings is 1. The lowest BCUT2D eigenvalue weighted by Crippen LogP contribution is -2.40. The van der Waals surface area contributed by atoms with Crippen molar-refractivity contribution in [1.82, 2.24) is 19.9 Å². The smallest absolute Gasteiger partial charge is 0.163 e. The largest absolute Gasteiger partial charge is 0.369 e. The number of hydrogen-bond donors (Lipinski definition) is 1. The third kappa shape index (κ3) is 4.46. The summed E-state index contributed by atoms with van der Waals surface area (Å²) < 4.78 is 0. The van der Waals surface area contributed by atoms with Gasteiger partial charge in [0.25, 0.3) is 0 Å². The van der Waals surface area contributed by atoms with Crippen LogP contribution in [0.25, 0.3) is 11.4 Å². The predicted molar refractivity (Wildman–Crippen MR) is 110 cm³/mol. The summed E-state index contributed by atoms with van der Waals surface area (Å²) in [4.78, 5) is 16.6. The molecule has 5 heteroatoms. The molecule has 5 nitrogen and oxygen atoms in total. The van der Waals surface area contributed by atoms with E-state index >= 15 is 0 Å². The second-order valence-electron chi connectivity index (χ2n) is 8.46. The zero-order chi connectivity index (χ0) is 18.6. The molecule has 1 atom stereocenters. The van der Waals surface area contributed by atoms with Crippen LogP contribution in [0.2, 0.25) is 0 Å². The molecule has 0 aromatic carbocycles. The normalized spacial score (nSPS) is 20.0. The van der Waals surface area contributed by atoms with Crippen LogP contribution in [0.15, 0.2) is 24.5 Å². The summed E-state index contributed by atoms with van der Waals surface area (Å²) in [5, 5.41) is 3.70. The van der Waals surface area contributed by atoms with Crippen molar-refractivity contribution in [3.63, 3.8) is 0 Å². The number of rotatable bonds is 6. The minimum atomic E-state index is 0.700. The van der Waals surface area contributed by atoms with Crippen LogP contribution in [0.1, 0.15) is 44.4 Å². The van der Waals surface area contributed by atoms with Gasteiger partial charge < -0.3 is 10.2 Å².